The molecule has 106 valence electrons. The van der Waals surface area contributed by atoms with Gasteiger partial charge in [0.15, 0.2) is 9.84 Å². The zero-order valence-corrected chi connectivity index (χ0v) is 12.8. The molecular weight excluding hydrogens is 282 g/mol. The van der Waals surface area contributed by atoms with Gasteiger partial charge in [-0.25, -0.2) is 8.42 Å². The first-order valence-corrected chi connectivity index (χ1v) is 8.84. The zero-order chi connectivity index (χ0) is 13.9. The molecule has 0 spiro atoms. The maximum atomic E-state index is 12.3. The highest BCUT2D eigenvalue weighted by Crippen LogP contribution is 2.29. The molecule has 5 heteroatoms. The fourth-order valence-corrected chi connectivity index (χ4v) is 4.20. The van der Waals surface area contributed by atoms with Gasteiger partial charge in [-0.3, -0.25) is 0 Å². The lowest BCUT2D eigenvalue weighted by Gasteiger charge is -2.32. The van der Waals surface area contributed by atoms with Gasteiger partial charge in [0.2, 0.25) is 0 Å². The van der Waals surface area contributed by atoms with E-state index < -0.39 is 9.84 Å². The number of anilines is 1. The summed E-state index contributed by atoms with van der Waals surface area (Å²) in [6.07, 6.45) is 2.45. The van der Waals surface area contributed by atoms with Crippen molar-refractivity contribution in [2.45, 2.75) is 36.5 Å². The fraction of sp³-hybridized carbons (Fsp3) is 0.571. The Morgan fingerprint density at radius 1 is 1.26 bits per heavy atom. The molecule has 0 atom stereocenters. The summed E-state index contributed by atoms with van der Waals surface area (Å²) in [7, 11) is -3.18. The number of hydrogen-bond donors (Lipinski definition) is 0. The van der Waals surface area contributed by atoms with Crippen LogP contribution in [0.2, 0.25) is 0 Å². The number of alkyl halides is 1. The topological polar surface area (TPSA) is 37.4 Å². The van der Waals surface area contributed by atoms with Crippen molar-refractivity contribution in [1.29, 1.82) is 0 Å². The van der Waals surface area contributed by atoms with E-state index in [4.69, 9.17) is 11.6 Å². The third-order valence-electron chi connectivity index (χ3n) is 3.44. The minimum absolute atomic E-state index is 0.204. The van der Waals surface area contributed by atoms with Crippen LogP contribution in [0.15, 0.2) is 29.2 Å². The van der Waals surface area contributed by atoms with E-state index in [1.165, 1.54) is 0 Å². The predicted octanol–water partition coefficient (Wildman–Crippen LogP) is 3.08. The summed E-state index contributed by atoms with van der Waals surface area (Å²) < 4.78 is 24.6. The van der Waals surface area contributed by atoms with Gasteiger partial charge in [-0.15, -0.1) is 11.6 Å². The molecule has 1 aliphatic rings. The quantitative estimate of drug-likeness (QED) is 0.802. The van der Waals surface area contributed by atoms with Gasteiger partial charge < -0.3 is 4.90 Å². The lowest BCUT2D eigenvalue weighted by atomic mass is 10.1. The maximum absolute atomic E-state index is 12.3. The normalized spacial score (nSPS) is 17.7. The second kappa shape index (κ2) is 6.14. The van der Waals surface area contributed by atoms with Gasteiger partial charge in [-0.2, -0.15) is 0 Å². The van der Waals surface area contributed by atoms with E-state index in [1.807, 2.05) is 19.1 Å². The summed E-state index contributed by atoms with van der Waals surface area (Å²) >= 11 is 6.10. The molecule has 0 aliphatic carbocycles. The fourth-order valence-electron chi connectivity index (χ4n) is 2.45. The molecule has 3 nitrogen and oxygen atoms in total. The number of benzene rings is 1. The van der Waals surface area contributed by atoms with E-state index in [-0.39, 0.29) is 11.1 Å². The molecule has 0 N–H and O–H groups in total. The second-order valence-electron chi connectivity index (χ2n) is 4.95. The van der Waals surface area contributed by atoms with Crippen LogP contribution < -0.4 is 4.90 Å². The molecule has 0 aromatic heterocycles. The van der Waals surface area contributed by atoms with Crippen LogP contribution in [0.25, 0.3) is 0 Å². The van der Waals surface area contributed by atoms with Crippen molar-refractivity contribution in [2.24, 2.45) is 0 Å². The minimum Gasteiger partial charge on any atom is -0.370 e. The molecule has 1 aromatic carbocycles. The van der Waals surface area contributed by atoms with Crippen molar-refractivity contribution in [3.8, 4) is 0 Å². The number of rotatable bonds is 4. The van der Waals surface area contributed by atoms with Crippen molar-refractivity contribution in [3.63, 3.8) is 0 Å². The summed E-state index contributed by atoms with van der Waals surface area (Å²) in [5, 5.41) is 0.218. The van der Waals surface area contributed by atoms with E-state index in [0.717, 1.165) is 31.6 Å². The van der Waals surface area contributed by atoms with Crippen molar-refractivity contribution in [2.75, 3.05) is 23.7 Å². The summed E-state index contributed by atoms with van der Waals surface area (Å²) in [6, 6.07) is 7.30. The van der Waals surface area contributed by atoms with E-state index >= 15 is 0 Å². The zero-order valence-electron chi connectivity index (χ0n) is 11.2. The van der Waals surface area contributed by atoms with Crippen LogP contribution in [0.1, 0.15) is 26.2 Å². The van der Waals surface area contributed by atoms with Crippen LogP contribution in [0.4, 0.5) is 5.69 Å². The van der Waals surface area contributed by atoms with Crippen molar-refractivity contribution >= 4 is 27.1 Å². The Hall–Kier alpha value is -0.740. The number of piperidine rings is 1. The van der Waals surface area contributed by atoms with Crippen LogP contribution >= 0.6 is 11.6 Å². The average Bonchev–Trinajstić information content (AvgIpc) is 2.39. The minimum atomic E-state index is -3.18. The Bertz CT molecular complexity index is 522. The molecule has 19 heavy (non-hydrogen) atoms. The smallest absolute Gasteiger partial charge is 0.180 e. The largest absolute Gasteiger partial charge is 0.370 e. The average molecular weight is 302 g/mol. The van der Waals surface area contributed by atoms with E-state index in [9.17, 15) is 8.42 Å². The number of sulfone groups is 1. The lowest BCUT2D eigenvalue weighted by molar-refractivity contribution is 0.576. The molecule has 1 aliphatic heterocycles. The standard InChI is InChI=1S/C14H20ClNO2S/c1-2-11-19(17,18)14-6-4-3-5-13(14)16-9-7-12(15)8-10-16/h3-6,12H,2,7-11H2,1H3. The highest BCUT2D eigenvalue weighted by atomic mass is 35.5. The first-order valence-electron chi connectivity index (χ1n) is 6.75. The molecule has 0 amide bonds. The molecule has 1 saturated heterocycles. The van der Waals surface area contributed by atoms with E-state index in [2.05, 4.69) is 4.90 Å². The summed E-state index contributed by atoms with van der Waals surface area (Å²) in [6.45, 7) is 3.54. The molecular formula is C14H20ClNO2S. The van der Waals surface area contributed by atoms with Crippen LogP contribution in [0.5, 0.6) is 0 Å². The van der Waals surface area contributed by atoms with E-state index in [0.29, 0.717) is 11.3 Å². The molecule has 1 heterocycles. The Morgan fingerprint density at radius 2 is 1.89 bits per heavy atom. The van der Waals surface area contributed by atoms with Crippen LogP contribution in [-0.2, 0) is 9.84 Å². The maximum Gasteiger partial charge on any atom is 0.180 e. The highest BCUT2D eigenvalue weighted by Gasteiger charge is 2.24. The molecule has 0 saturated carbocycles. The van der Waals surface area contributed by atoms with Crippen molar-refractivity contribution in [1.82, 2.24) is 0 Å². The Labute approximate surface area is 120 Å². The SMILES string of the molecule is CCCS(=O)(=O)c1ccccc1N1CCC(Cl)CC1. The van der Waals surface area contributed by atoms with Crippen molar-refractivity contribution in [3.05, 3.63) is 24.3 Å². The van der Waals surface area contributed by atoms with Crippen molar-refractivity contribution < 1.29 is 8.42 Å². The third kappa shape index (κ3) is 3.42. The number of halogens is 1. The molecule has 1 aromatic rings. The van der Waals surface area contributed by atoms with E-state index in [1.54, 1.807) is 12.1 Å². The Morgan fingerprint density at radius 3 is 2.53 bits per heavy atom. The van der Waals surface area contributed by atoms with Gasteiger partial charge in [0.05, 0.1) is 16.3 Å². The third-order valence-corrected chi connectivity index (χ3v) is 5.84. The van der Waals surface area contributed by atoms with Gasteiger partial charge in [-0.05, 0) is 31.4 Å². The predicted molar refractivity (Wildman–Crippen MR) is 79.9 cm³/mol. The monoisotopic (exact) mass is 301 g/mol. The Kier molecular flexibility index (Phi) is 4.74. The van der Waals surface area contributed by atoms with Gasteiger partial charge in [0, 0.05) is 18.5 Å². The highest BCUT2D eigenvalue weighted by molar-refractivity contribution is 7.91. The first kappa shape index (κ1) is 14.7. The van der Waals surface area contributed by atoms with Crippen LogP contribution in [0.3, 0.4) is 0 Å². The molecule has 0 radical (unpaired) electrons. The summed E-state index contributed by atoms with van der Waals surface area (Å²) in [4.78, 5) is 2.60. The molecule has 2 rings (SSSR count). The number of hydrogen-bond acceptors (Lipinski definition) is 3. The number of para-hydroxylation sites is 1. The second-order valence-corrected chi connectivity index (χ2v) is 7.64. The van der Waals surface area contributed by atoms with Crippen LogP contribution in [-0.4, -0.2) is 32.6 Å². The summed E-state index contributed by atoms with van der Waals surface area (Å²) in [5.41, 5.74) is 0.833. The molecule has 0 unspecified atom stereocenters. The molecule has 0 bridgehead atoms. The first-order chi connectivity index (χ1) is 9.04. The van der Waals surface area contributed by atoms with Gasteiger partial charge >= 0.3 is 0 Å². The lowest BCUT2D eigenvalue weighted by Crippen LogP contribution is -2.35. The molecule has 1 fully saturated rings. The Balaban J connectivity index is 2.31. The van der Waals surface area contributed by atoms with Gasteiger partial charge in [-0.1, -0.05) is 19.1 Å². The summed E-state index contributed by atoms with van der Waals surface area (Å²) in [5.74, 6) is 0.204. The number of nitrogens with zero attached hydrogens (tertiary/aromatic N) is 1. The van der Waals surface area contributed by atoms with Gasteiger partial charge in [0.1, 0.15) is 0 Å². The van der Waals surface area contributed by atoms with Crippen LogP contribution in [0, 0.1) is 0 Å². The van der Waals surface area contributed by atoms with Gasteiger partial charge in [0.25, 0.3) is 0 Å².